The van der Waals surface area contributed by atoms with Crippen LogP contribution in [0.2, 0.25) is 0 Å². The number of urea groups is 1. The van der Waals surface area contributed by atoms with Crippen molar-refractivity contribution >= 4 is 11.7 Å². The Morgan fingerprint density at radius 3 is 2.63 bits per heavy atom. The average Bonchev–Trinajstić information content (AvgIpc) is 2.69. The first-order chi connectivity index (χ1) is 13.2. The molecule has 1 fully saturated rings. The minimum absolute atomic E-state index is 0.0607. The average molecular weight is 367 g/mol. The summed E-state index contributed by atoms with van der Waals surface area (Å²) in [6.07, 6.45) is 2.09. The van der Waals surface area contributed by atoms with Crippen LogP contribution in [0.3, 0.4) is 0 Å². The predicted molar refractivity (Wildman–Crippen MR) is 109 cm³/mol. The van der Waals surface area contributed by atoms with Gasteiger partial charge in [0.2, 0.25) is 0 Å². The number of amides is 2. The predicted octanol–water partition coefficient (Wildman–Crippen LogP) is 4.11. The molecule has 2 atom stereocenters. The Hall–Kier alpha value is -2.69. The van der Waals surface area contributed by atoms with Gasteiger partial charge in [-0.1, -0.05) is 30.3 Å². The topological polar surface area (TPSA) is 53.6 Å². The molecule has 0 bridgehead atoms. The summed E-state index contributed by atoms with van der Waals surface area (Å²) in [4.78, 5) is 14.8. The van der Waals surface area contributed by atoms with Crippen LogP contribution < -0.4 is 20.3 Å². The van der Waals surface area contributed by atoms with Crippen molar-refractivity contribution in [2.24, 2.45) is 0 Å². The molecular formula is C22H29N3O2. The third kappa shape index (κ3) is 5.39. The van der Waals surface area contributed by atoms with E-state index in [1.165, 1.54) is 5.69 Å². The summed E-state index contributed by atoms with van der Waals surface area (Å²) in [6.45, 7) is 6.48. The van der Waals surface area contributed by atoms with Crippen LogP contribution in [0, 0.1) is 0 Å². The summed E-state index contributed by atoms with van der Waals surface area (Å²) in [6, 6.07) is 18.2. The lowest BCUT2D eigenvalue weighted by atomic mass is 10.0. The normalized spacial score (nSPS) is 17.9. The number of ether oxygens (including phenoxy) is 1. The van der Waals surface area contributed by atoms with Gasteiger partial charge >= 0.3 is 6.03 Å². The van der Waals surface area contributed by atoms with E-state index in [2.05, 4.69) is 39.8 Å². The molecule has 2 unspecified atom stereocenters. The second-order valence-corrected chi connectivity index (χ2v) is 6.96. The van der Waals surface area contributed by atoms with Crippen LogP contribution in [0.4, 0.5) is 10.5 Å². The molecule has 0 aromatic heterocycles. The monoisotopic (exact) mass is 367 g/mol. The van der Waals surface area contributed by atoms with E-state index in [4.69, 9.17) is 4.74 Å². The van der Waals surface area contributed by atoms with Crippen LogP contribution in [0.5, 0.6) is 5.75 Å². The van der Waals surface area contributed by atoms with Crippen molar-refractivity contribution in [2.75, 3.05) is 24.6 Å². The smallest absolute Gasteiger partial charge is 0.315 e. The van der Waals surface area contributed by atoms with Crippen molar-refractivity contribution in [1.82, 2.24) is 10.6 Å². The van der Waals surface area contributed by atoms with Gasteiger partial charge in [-0.3, -0.25) is 0 Å². The summed E-state index contributed by atoms with van der Waals surface area (Å²) < 4.78 is 5.46. The van der Waals surface area contributed by atoms with E-state index in [0.717, 1.165) is 37.2 Å². The highest BCUT2D eigenvalue weighted by Crippen LogP contribution is 2.20. The van der Waals surface area contributed by atoms with E-state index in [9.17, 15) is 4.79 Å². The Bertz CT molecular complexity index is 718. The van der Waals surface area contributed by atoms with Gasteiger partial charge in [0.15, 0.2) is 0 Å². The minimum atomic E-state index is -0.115. The second kappa shape index (κ2) is 9.31. The Morgan fingerprint density at radius 1 is 1.19 bits per heavy atom. The molecule has 1 heterocycles. The summed E-state index contributed by atoms with van der Waals surface area (Å²) in [5, 5.41) is 6.17. The lowest BCUT2D eigenvalue weighted by Crippen LogP contribution is -2.50. The lowest BCUT2D eigenvalue weighted by Gasteiger charge is -2.35. The van der Waals surface area contributed by atoms with Crippen molar-refractivity contribution < 1.29 is 9.53 Å². The lowest BCUT2D eigenvalue weighted by molar-refractivity contribution is 0.232. The molecule has 2 amide bonds. The standard InChI is InChI=1S/C22H29N3O2/c1-3-27-21-13-11-18(12-14-21)17(2)23-22(26)24-19-8-7-15-25(16-19)20-9-5-4-6-10-20/h4-6,9-14,17,19H,3,7-8,15-16H2,1-2H3,(H2,23,24,26). The van der Waals surface area contributed by atoms with E-state index in [0.29, 0.717) is 6.61 Å². The fourth-order valence-electron chi connectivity index (χ4n) is 3.49. The van der Waals surface area contributed by atoms with Gasteiger partial charge in [0.25, 0.3) is 0 Å². The molecule has 1 saturated heterocycles. The van der Waals surface area contributed by atoms with Crippen LogP contribution in [0.25, 0.3) is 0 Å². The largest absolute Gasteiger partial charge is 0.494 e. The Balaban J connectivity index is 1.50. The van der Waals surface area contributed by atoms with Gasteiger partial charge in [-0.15, -0.1) is 0 Å². The first kappa shape index (κ1) is 19.1. The van der Waals surface area contributed by atoms with E-state index < -0.39 is 0 Å². The number of nitrogens with one attached hydrogen (secondary N) is 2. The second-order valence-electron chi connectivity index (χ2n) is 6.96. The number of carbonyl (C=O) groups is 1. The van der Waals surface area contributed by atoms with Gasteiger partial charge < -0.3 is 20.3 Å². The Kier molecular flexibility index (Phi) is 6.58. The zero-order valence-electron chi connectivity index (χ0n) is 16.2. The van der Waals surface area contributed by atoms with Gasteiger partial charge in [-0.25, -0.2) is 4.79 Å². The van der Waals surface area contributed by atoms with Crippen molar-refractivity contribution in [2.45, 2.75) is 38.8 Å². The quantitative estimate of drug-likeness (QED) is 0.808. The van der Waals surface area contributed by atoms with Crippen molar-refractivity contribution in [3.8, 4) is 5.75 Å². The molecule has 1 aliphatic heterocycles. The van der Waals surface area contributed by atoms with Gasteiger partial charge in [0.05, 0.1) is 12.6 Å². The number of rotatable bonds is 6. The third-order valence-electron chi connectivity index (χ3n) is 4.92. The van der Waals surface area contributed by atoms with Crippen LogP contribution in [0.15, 0.2) is 54.6 Å². The maximum Gasteiger partial charge on any atom is 0.315 e. The van der Waals surface area contributed by atoms with E-state index in [1.807, 2.05) is 44.2 Å². The molecule has 144 valence electrons. The summed E-state index contributed by atoms with van der Waals surface area (Å²) >= 11 is 0. The number of piperidine rings is 1. The molecule has 5 heteroatoms. The van der Waals surface area contributed by atoms with E-state index >= 15 is 0 Å². The molecule has 2 aromatic carbocycles. The summed E-state index contributed by atoms with van der Waals surface area (Å²) in [7, 11) is 0. The number of hydrogen-bond donors (Lipinski definition) is 2. The SMILES string of the molecule is CCOc1ccc(C(C)NC(=O)NC2CCCN(c3ccccc3)C2)cc1. The van der Waals surface area contributed by atoms with Gasteiger partial charge in [-0.05, 0) is 56.5 Å². The van der Waals surface area contributed by atoms with E-state index in [1.54, 1.807) is 0 Å². The number of nitrogens with zero attached hydrogens (tertiary/aromatic N) is 1. The third-order valence-corrected chi connectivity index (χ3v) is 4.92. The molecule has 0 saturated carbocycles. The first-order valence-electron chi connectivity index (χ1n) is 9.75. The number of hydrogen-bond acceptors (Lipinski definition) is 3. The Morgan fingerprint density at radius 2 is 1.93 bits per heavy atom. The van der Waals surface area contributed by atoms with Gasteiger partial charge in [-0.2, -0.15) is 0 Å². The number of anilines is 1. The van der Waals surface area contributed by atoms with Crippen LogP contribution >= 0.6 is 0 Å². The van der Waals surface area contributed by atoms with Crippen LogP contribution in [0.1, 0.15) is 38.3 Å². The van der Waals surface area contributed by atoms with Gasteiger partial charge in [0, 0.05) is 24.8 Å². The molecule has 2 aromatic rings. The summed E-state index contributed by atoms with van der Waals surface area (Å²) in [5.41, 5.74) is 2.27. The molecular weight excluding hydrogens is 338 g/mol. The maximum atomic E-state index is 12.4. The highest BCUT2D eigenvalue weighted by atomic mass is 16.5. The molecule has 2 N–H and O–H groups in total. The summed E-state index contributed by atoms with van der Waals surface area (Å²) in [5.74, 6) is 0.848. The fraction of sp³-hybridized carbons (Fsp3) is 0.409. The minimum Gasteiger partial charge on any atom is -0.494 e. The van der Waals surface area contributed by atoms with E-state index in [-0.39, 0.29) is 18.1 Å². The first-order valence-corrected chi connectivity index (χ1v) is 9.75. The molecule has 0 radical (unpaired) electrons. The number of benzene rings is 2. The number of carbonyl (C=O) groups excluding carboxylic acids is 1. The fourth-order valence-corrected chi connectivity index (χ4v) is 3.49. The zero-order chi connectivity index (χ0) is 19.1. The molecule has 5 nitrogen and oxygen atoms in total. The highest BCUT2D eigenvalue weighted by molar-refractivity contribution is 5.75. The molecule has 0 aliphatic carbocycles. The highest BCUT2D eigenvalue weighted by Gasteiger charge is 2.22. The Labute approximate surface area is 161 Å². The zero-order valence-corrected chi connectivity index (χ0v) is 16.2. The van der Waals surface area contributed by atoms with Gasteiger partial charge in [0.1, 0.15) is 5.75 Å². The van der Waals surface area contributed by atoms with Crippen molar-refractivity contribution in [3.63, 3.8) is 0 Å². The maximum absolute atomic E-state index is 12.4. The van der Waals surface area contributed by atoms with Crippen LogP contribution in [-0.2, 0) is 0 Å². The van der Waals surface area contributed by atoms with Crippen molar-refractivity contribution in [3.05, 3.63) is 60.2 Å². The molecule has 27 heavy (non-hydrogen) atoms. The molecule has 3 rings (SSSR count). The van der Waals surface area contributed by atoms with Crippen LogP contribution in [-0.4, -0.2) is 31.8 Å². The van der Waals surface area contributed by atoms with Crippen molar-refractivity contribution in [1.29, 1.82) is 0 Å². The number of para-hydroxylation sites is 1. The molecule has 1 aliphatic rings. The molecule has 0 spiro atoms.